The Balaban J connectivity index is 1.85. The predicted octanol–water partition coefficient (Wildman–Crippen LogP) is 2.98. The van der Waals surface area contributed by atoms with Crippen molar-refractivity contribution in [1.29, 1.82) is 0 Å². The highest BCUT2D eigenvalue weighted by atomic mass is 35.5. The second kappa shape index (κ2) is 7.05. The Hall–Kier alpha value is -1.69. The first-order valence-corrected chi connectivity index (χ1v) is 7.47. The number of nitrogens with one attached hydrogen (secondary N) is 1. The molecule has 1 aliphatic heterocycles. The molecule has 3 rings (SSSR count). The number of halogens is 2. The van der Waals surface area contributed by atoms with E-state index in [9.17, 15) is 4.39 Å². The maximum Gasteiger partial charge on any atom is 0.213 e. The lowest BCUT2D eigenvalue weighted by Crippen LogP contribution is -2.34. The normalized spacial score (nSPS) is 22.1. The third-order valence-corrected chi connectivity index (χ3v) is 3.75. The van der Waals surface area contributed by atoms with Gasteiger partial charge < -0.3 is 14.8 Å². The zero-order valence-electron chi connectivity index (χ0n) is 11.8. The molecule has 0 spiro atoms. The Morgan fingerprint density at radius 2 is 2.23 bits per heavy atom. The molecule has 2 atom stereocenters. The first-order chi connectivity index (χ1) is 10.7. The van der Waals surface area contributed by atoms with E-state index in [-0.39, 0.29) is 17.2 Å². The quantitative estimate of drug-likeness (QED) is 0.943. The molecule has 1 aromatic heterocycles. The molecular weight excluding hydrogens is 307 g/mol. The SMILES string of the molecule is Fc1cc([C@@H]2OCCNC[C@H]2Oc2ccccn2)ccc1Cl. The molecule has 2 heterocycles. The average molecular weight is 323 g/mol. The van der Waals surface area contributed by atoms with E-state index >= 15 is 0 Å². The van der Waals surface area contributed by atoms with Gasteiger partial charge in [0.05, 0.1) is 11.6 Å². The van der Waals surface area contributed by atoms with Crippen LogP contribution < -0.4 is 10.1 Å². The van der Waals surface area contributed by atoms with Gasteiger partial charge >= 0.3 is 0 Å². The molecule has 0 radical (unpaired) electrons. The molecule has 0 amide bonds. The molecule has 0 saturated carbocycles. The zero-order chi connectivity index (χ0) is 15.4. The van der Waals surface area contributed by atoms with Gasteiger partial charge in [0, 0.05) is 25.4 Å². The van der Waals surface area contributed by atoms with Gasteiger partial charge in [0.25, 0.3) is 0 Å². The van der Waals surface area contributed by atoms with Crippen LogP contribution in [0.5, 0.6) is 5.88 Å². The lowest BCUT2D eigenvalue weighted by Gasteiger charge is -2.25. The minimum atomic E-state index is -0.462. The van der Waals surface area contributed by atoms with Crippen LogP contribution in [0.1, 0.15) is 11.7 Å². The number of nitrogens with zero attached hydrogens (tertiary/aromatic N) is 1. The van der Waals surface area contributed by atoms with E-state index in [1.807, 2.05) is 12.1 Å². The molecule has 6 heteroatoms. The van der Waals surface area contributed by atoms with Gasteiger partial charge in [-0.3, -0.25) is 0 Å². The van der Waals surface area contributed by atoms with Crippen LogP contribution >= 0.6 is 11.6 Å². The van der Waals surface area contributed by atoms with Crippen LogP contribution in [0.15, 0.2) is 42.6 Å². The van der Waals surface area contributed by atoms with Gasteiger partial charge in [-0.2, -0.15) is 0 Å². The summed E-state index contributed by atoms with van der Waals surface area (Å²) in [7, 11) is 0. The predicted molar refractivity (Wildman–Crippen MR) is 81.6 cm³/mol. The van der Waals surface area contributed by atoms with Gasteiger partial charge in [0.1, 0.15) is 18.0 Å². The number of pyridine rings is 1. The molecule has 0 bridgehead atoms. The van der Waals surface area contributed by atoms with Crippen LogP contribution in [0.4, 0.5) is 4.39 Å². The summed E-state index contributed by atoms with van der Waals surface area (Å²) in [5, 5.41) is 3.34. The summed E-state index contributed by atoms with van der Waals surface area (Å²) >= 11 is 5.75. The van der Waals surface area contributed by atoms with E-state index in [0.29, 0.717) is 31.1 Å². The first-order valence-electron chi connectivity index (χ1n) is 7.09. The van der Waals surface area contributed by atoms with Crippen molar-refractivity contribution in [3.05, 3.63) is 59.0 Å². The molecule has 1 fully saturated rings. The van der Waals surface area contributed by atoms with E-state index in [0.717, 1.165) is 0 Å². The number of hydrogen-bond acceptors (Lipinski definition) is 4. The van der Waals surface area contributed by atoms with Crippen molar-refractivity contribution in [2.24, 2.45) is 0 Å². The maximum absolute atomic E-state index is 13.7. The van der Waals surface area contributed by atoms with Crippen LogP contribution in [-0.4, -0.2) is 30.8 Å². The van der Waals surface area contributed by atoms with E-state index in [4.69, 9.17) is 21.1 Å². The highest BCUT2D eigenvalue weighted by Crippen LogP contribution is 2.28. The molecule has 0 aliphatic carbocycles. The second-order valence-electron chi connectivity index (χ2n) is 4.99. The lowest BCUT2D eigenvalue weighted by molar-refractivity contribution is -0.0102. The monoisotopic (exact) mass is 322 g/mol. The van der Waals surface area contributed by atoms with Gasteiger partial charge in [0.15, 0.2) is 0 Å². The Bertz CT molecular complexity index is 627. The first kappa shape index (κ1) is 15.2. The zero-order valence-corrected chi connectivity index (χ0v) is 12.6. The fourth-order valence-electron chi connectivity index (χ4n) is 2.39. The van der Waals surface area contributed by atoms with Gasteiger partial charge in [-0.05, 0) is 23.8 Å². The molecule has 1 aliphatic rings. The van der Waals surface area contributed by atoms with Crippen LogP contribution in [0, 0.1) is 5.82 Å². The fourth-order valence-corrected chi connectivity index (χ4v) is 2.51. The Labute approximate surface area is 133 Å². The standard InChI is InChI=1S/C16H16ClFN2O2/c17-12-5-4-11(9-13(12)18)16-14(10-19-7-8-21-16)22-15-3-1-2-6-20-15/h1-6,9,14,16,19H,7-8,10H2/t14-,16+/m1/s1. The van der Waals surface area contributed by atoms with Crippen molar-refractivity contribution in [2.45, 2.75) is 12.2 Å². The Kier molecular flexibility index (Phi) is 4.87. The van der Waals surface area contributed by atoms with Crippen molar-refractivity contribution in [2.75, 3.05) is 19.7 Å². The Morgan fingerprint density at radius 1 is 1.32 bits per heavy atom. The van der Waals surface area contributed by atoms with Crippen molar-refractivity contribution in [3.8, 4) is 5.88 Å². The van der Waals surface area contributed by atoms with Crippen LogP contribution in [0.25, 0.3) is 0 Å². The Morgan fingerprint density at radius 3 is 3.00 bits per heavy atom. The molecular formula is C16H16ClFN2O2. The summed E-state index contributed by atoms with van der Waals surface area (Å²) in [6.07, 6.45) is 0.971. The number of hydrogen-bond donors (Lipinski definition) is 1. The lowest BCUT2D eigenvalue weighted by atomic mass is 10.0. The molecule has 116 valence electrons. The number of ether oxygens (including phenoxy) is 2. The fraction of sp³-hybridized carbons (Fsp3) is 0.312. The summed E-state index contributed by atoms with van der Waals surface area (Å²) < 4.78 is 25.5. The van der Waals surface area contributed by atoms with E-state index in [1.165, 1.54) is 12.1 Å². The molecule has 1 saturated heterocycles. The minimum absolute atomic E-state index is 0.0951. The number of benzene rings is 1. The average Bonchev–Trinajstić information content (AvgIpc) is 2.77. The van der Waals surface area contributed by atoms with Gasteiger partial charge in [-0.1, -0.05) is 23.7 Å². The van der Waals surface area contributed by atoms with Crippen LogP contribution in [-0.2, 0) is 4.74 Å². The third-order valence-electron chi connectivity index (χ3n) is 3.44. The molecule has 2 aromatic rings. The third kappa shape index (κ3) is 3.55. The maximum atomic E-state index is 13.7. The molecule has 0 unspecified atom stereocenters. The second-order valence-corrected chi connectivity index (χ2v) is 5.40. The topological polar surface area (TPSA) is 43.4 Å². The summed E-state index contributed by atoms with van der Waals surface area (Å²) in [4.78, 5) is 4.16. The smallest absolute Gasteiger partial charge is 0.213 e. The van der Waals surface area contributed by atoms with Crippen molar-refractivity contribution in [3.63, 3.8) is 0 Å². The minimum Gasteiger partial charge on any atom is -0.470 e. The van der Waals surface area contributed by atoms with Crippen molar-refractivity contribution in [1.82, 2.24) is 10.3 Å². The number of rotatable bonds is 3. The summed E-state index contributed by atoms with van der Waals surface area (Å²) in [5.41, 5.74) is 0.700. The highest BCUT2D eigenvalue weighted by Gasteiger charge is 2.28. The highest BCUT2D eigenvalue weighted by molar-refractivity contribution is 6.30. The summed E-state index contributed by atoms with van der Waals surface area (Å²) in [5.74, 6) is 0.0517. The summed E-state index contributed by atoms with van der Waals surface area (Å²) in [6, 6.07) is 10.1. The molecule has 1 N–H and O–H groups in total. The van der Waals surface area contributed by atoms with Gasteiger partial charge in [0.2, 0.25) is 5.88 Å². The van der Waals surface area contributed by atoms with E-state index in [1.54, 1.807) is 18.3 Å². The summed E-state index contributed by atoms with van der Waals surface area (Å²) in [6.45, 7) is 1.83. The van der Waals surface area contributed by atoms with Crippen molar-refractivity contribution >= 4 is 11.6 Å². The molecule has 1 aromatic carbocycles. The van der Waals surface area contributed by atoms with E-state index < -0.39 is 5.82 Å². The van der Waals surface area contributed by atoms with Gasteiger partial charge in [-0.15, -0.1) is 0 Å². The van der Waals surface area contributed by atoms with Gasteiger partial charge in [-0.25, -0.2) is 9.37 Å². The van der Waals surface area contributed by atoms with Crippen molar-refractivity contribution < 1.29 is 13.9 Å². The number of aromatic nitrogens is 1. The molecule has 4 nitrogen and oxygen atoms in total. The molecule has 22 heavy (non-hydrogen) atoms. The van der Waals surface area contributed by atoms with E-state index in [2.05, 4.69) is 10.3 Å². The van der Waals surface area contributed by atoms with Crippen LogP contribution in [0.2, 0.25) is 5.02 Å². The van der Waals surface area contributed by atoms with Crippen LogP contribution in [0.3, 0.4) is 0 Å². The largest absolute Gasteiger partial charge is 0.470 e.